The fourth-order valence-electron chi connectivity index (χ4n) is 2.98. The third kappa shape index (κ3) is 6.03. The lowest BCUT2D eigenvalue weighted by molar-refractivity contribution is 0.102. The summed E-state index contributed by atoms with van der Waals surface area (Å²) in [5, 5.41) is 6.41. The second kappa shape index (κ2) is 10.7. The zero-order valence-electron chi connectivity index (χ0n) is 19.1. The van der Waals surface area contributed by atoms with Crippen LogP contribution < -0.4 is 10.1 Å². The average molecular weight is 542 g/mol. The first-order chi connectivity index (χ1) is 16.8. The van der Waals surface area contributed by atoms with Gasteiger partial charge < -0.3 is 14.2 Å². The SMILES string of the molecule is Cc1nc(-c2ccc(-c3ccc(C(=O)Nc4ncc(Br)c(OCCN(C)C)n4)cn3)c(F)c2)no1. The minimum Gasteiger partial charge on any atom is -0.475 e. The van der Waals surface area contributed by atoms with Gasteiger partial charge in [-0.2, -0.15) is 9.97 Å². The first kappa shape index (κ1) is 24.4. The van der Waals surface area contributed by atoms with Crippen molar-refractivity contribution in [2.45, 2.75) is 6.92 Å². The second-order valence-electron chi connectivity index (χ2n) is 7.72. The molecule has 0 spiro atoms. The Morgan fingerprint density at radius 3 is 2.66 bits per heavy atom. The van der Waals surface area contributed by atoms with Crippen LogP contribution in [0.25, 0.3) is 22.6 Å². The van der Waals surface area contributed by atoms with E-state index in [2.05, 4.69) is 46.3 Å². The standard InChI is InChI=1S/C23H21BrFN7O3/c1-13-28-20(31-35-13)14-4-6-16(18(25)10-14)19-7-5-15(11-26-19)21(33)29-23-27-12-17(24)22(30-23)34-9-8-32(2)3/h4-7,10-12H,8-9H2,1-3H3,(H,27,29,30,33). The molecule has 0 radical (unpaired) electrons. The quantitative estimate of drug-likeness (QED) is 0.353. The van der Waals surface area contributed by atoms with Crippen molar-refractivity contribution < 1.29 is 18.4 Å². The summed E-state index contributed by atoms with van der Waals surface area (Å²) in [6.07, 6.45) is 2.85. The number of aromatic nitrogens is 5. The summed E-state index contributed by atoms with van der Waals surface area (Å²) in [5.41, 5.74) is 1.39. The van der Waals surface area contributed by atoms with Gasteiger partial charge in [-0.1, -0.05) is 11.2 Å². The van der Waals surface area contributed by atoms with Crippen molar-refractivity contribution in [2.24, 2.45) is 0 Å². The van der Waals surface area contributed by atoms with Gasteiger partial charge in [-0.3, -0.25) is 15.1 Å². The molecular formula is C23H21BrFN7O3. The number of nitrogens with zero attached hydrogens (tertiary/aromatic N) is 6. The molecule has 3 heterocycles. The molecule has 0 bridgehead atoms. The molecule has 1 N–H and O–H groups in total. The van der Waals surface area contributed by atoms with Gasteiger partial charge in [0.2, 0.25) is 23.5 Å². The van der Waals surface area contributed by atoms with E-state index in [4.69, 9.17) is 9.26 Å². The smallest absolute Gasteiger partial charge is 0.259 e. The lowest BCUT2D eigenvalue weighted by atomic mass is 10.1. The third-order valence-corrected chi connectivity index (χ3v) is 5.31. The van der Waals surface area contributed by atoms with E-state index in [0.29, 0.717) is 46.5 Å². The summed E-state index contributed by atoms with van der Waals surface area (Å²) >= 11 is 3.33. The van der Waals surface area contributed by atoms with Crippen molar-refractivity contribution in [3.63, 3.8) is 0 Å². The van der Waals surface area contributed by atoms with E-state index in [-0.39, 0.29) is 17.1 Å². The summed E-state index contributed by atoms with van der Waals surface area (Å²) < 4.78 is 25.9. The Labute approximate surface area is 208 Å². The van der Waals surface area contributed by atoms with Crippen molar-refractivity contribution in [3.05, 3.63) is 64.5 Å². The topological polar surface area (TPSA) is 119 Å². The number of amides is 1. The molecular weight excluding hydrogens is 521 g/mol. The van der Waals surface area contributed by atoms with E-state index in [0.717, 1.165) is 0 Å². The maximum absolute atomic E-state index is 14.7. The summed E-state index contributed by atoms with van der Waals surface area (Å²) in [6, 6.07) is 7.66. The van der Waals surface area contributed by atoms with Crippen LogP contribution in [0.4, 0.5) is 10.3 Å². The lowest BCUT2D eigenvalue weighted by Crippen LogP contribution is -2.20. The number of anilines is 1. The molecule has 12 heteroatoms. The van der Waals surface area contributed by atoms with Crippen LogP contribution in [0.3, 0.4) is 0 Å². The van der Waals surface area contributed by atoms with Crippen molar-refractivity contribution in [1.82, 2.24) is 30.0 Å². The van der Waals surface area contributed by atoms with Gasteiger partial charge in [0.15, 0.2) is 0 Å². The van der Waals surface area contributed by atoms with Crippen molar-refractivity contribution in [3.8, 4) is 28.5 Å². The van der Waals surface area contributed by atoms with Gasteiger partial charge >= 0.3 is 0 Å². The predicted molar refractivity (Wildman–Crippen MR) is 129 cm³/mol. The van der Waals surface area contributed by atoms with Gasteiger partial charge in [0.25, 0.3) is 5.91 Å². The molecule has 0 aliphatic carbocycles. The molecule has 180 valence electrons. The number of carbonyl (C=O) groups is 1. The Morgan fingerprint density at radius 1 is 1.17 bits per heavy atom. The molecule has 0 saturated heterocycles. The van der Waals surface area contributed by atoms with Crippen LogP contribution in [0.15, 0.2) is 51.7 Å². The Hall–Kier alpha value is -3.77. The maximum atomic E-state index is 14.7. The Bertz CT molecular complexity index is 1350. The van der Waals surface area contributed by atoms with Crippen LogP contribution in [0.2, 0.25) is 0 Å². The number of hydrogen-bond acceptors (Lipinski definition) is 9. The molecule has 0 atom stereocenters. The molecule has 4 aromatic rings. The first-order valence-corrected chi connectivity index (χ1v) is 11.3. The van der Waals surface area contributed by atoms with Gasteiger partial charge in [-0.25, -0.2) is 9.37 Å². The zero-order chi connectivity index (χ0) is 24.9. The predicted octanol–water partition coefficient (Wildman–Crippen LogP) is 3.99. The molecule has 35 heavy (non-hydrogen) atoms. The van der Waals surface area contributed by atoms with Crippen molar-refractivity contribution in [2.75, 3.05) is 32.6 Å². The number of pyridine rings is 1. The third-order valence-electron chi connectivity index (χ3n) is 4.77. The Morgan fingerprint density at radius 2 is 2.00 bits per heavy atom. The largest absolute Gasteiger partial charge is 0.475 e. The first-order valence-electron chi connectivity index (χ1n) is 10.5. The molecule has 1 aromatic carbocycles. The molecule has 0 fully saturated rings. The fraction of sp³-hybridized carbons (Fsp3) is 0.217. The van der Waals surface area contributed by atoms with E-state index in [1.54, 1.807) is 31.2 Å². The summed E-state index contributed by atoms with van der Waals surface area (Å²) in [6.45, 7) is 2.79. The molecule has 3 aromatic heterocycles. The Balaban J connectivity index is 1.45. The van der Waals surface area contributed by atoms with Crippen LogP contribution in [-0.4, -0.2) is 63.1 Å². The van der Waals surface area contributed by atoms with Crippen LogP contribution in [0, 0.1) is 12.7 Å². The molecule has 0 saturated carbocycles. The number of likely N-dealkylation sites (N-methyl/N-ethyl adjacent to an activating group) is 1. The van der Waals surface area contributed by atoms with Crippen LogP contribution >= 0.6 is 15.9 Å². The summed E-state index contributed by atoms with van der Waals surface area (Å²) in [7, 11) is 3.87. The van der Waals surface area contributed by atoms with Gasteiger partial charge in [0.05, 0.1) is 21.9 Å². The number of hydrogen-bond donors (Lipinski definition) is 1. The van der Waals surface area contributed by atoms with E-state index in [9.17, 15) is 9.18 Å². The maximum Gasteiger partial charge on any atom is 0.259 e. The van der Waals surface area contributed by atoms with Gasteiger partial charge in [-0.15, -0.1) is 0 Å². The van der Waals surface area contributed by atoms with Gasteiger partial charge in [0, 0.05) is 30.8 Å². The van der Waals surface area contributed by atoms with E-state index in [1.807, 2.05) is 19.0 Å². The van der Waals surface area contributed by atoms with E-state index in [1.165, 1.54) is 18.5 Å². The molecule has 10 nitrogen and oxygen atoms in total. The number of carbonyl (C=O) groups excluding carboxylic acids is 1. The number of ether oxygens (including phenoxy) is 1. The minimum atomic E-state index is -0.500. The fourth-order valence-corrected chi connectivity index (χ4v) is 3.28. The highest BCUT2D eigenvalue weighted by atomic mass is 79.9. The normalized spacial score (nSPS) is 11.0. The molecule has 0 unspecified atom stereocenters. The molecule has 0 aliphatic heterocycles. The molecule has 1 amide bonds. The van der Waals surface area contributed by atoms with E-state index >= 15 is 0 Å². The van der Waals surface area contributed by atoms with Crippen LogP contribution in [0.5, 0.6) is 5.88 Å². The number of rotatable bonds is 8. The number of benzene rings is 1. The van der Waals surface area contributed by atoms with Crippen LogP contribution in [-0.2, 0) is 0 Å². The highest BCUT2D eigenvalue weighted by Gasteiger charge is 2.15. The summed E-state index contributed by atoms with van der Waals surface area (Å²) in [4.78, 5) is 31.3. The van der Waals surface area contributed by atoms with Gasteiger partial charge in [0.1, 0.15) is 12.4 Å². The molecule has 4 rings (SSSR count). The number of halogens is 2. The number of aryl methyl sites for hydroxylation is 1. The number of nitrogens with one attached hydrogen (secondary N) is 1. The second-order valence-corrected chi connectivity index (χ2v) is 8.57. The highest BCUT2D eigenvalue weighted by molar-refractivity contribution is 9.10. The highest BCUT2D eigenvalue weighted by Crippen LogP contribution is 2.26. The summed E-state index contributed by atoms with van der Waals surface area (Å²) in [5.74, 6) is 0.130. The minimum absolute atomic E-state index is 0.0838. The monoisotopic (exact) mass is 541 g/mol. The van der Waals surface area contributed by atoms with Crippen molar-refractivity contribution >= 4 is 27.8 Å². The molecule has 0 aliphatic rings. The van der Waals surface area contributed by atoms with Gasteiger partial charge in [-0.05, 0) is 54.3 Å². The Kier molecular flexibility index (Phi) is 7.42. The van der Waals surface area contributed by atoms with E-state index < -0.39 is 11.7 Å². The average Bonchev–Trinajstić information content (AvgIpc) is 3.27. The lowest BCUT2D eigenvalue weighted by Gasteiger charge is -2.12. The van der Waals surface area contributed by atoms with Crippen LogP contribution in [0.1, 0.15) is 16.2 Å². The zero-order valence-corrected chi connectivity index (χ0v) is 20.7. The van der Waals surface area contributed by atoms with Crippen molar-refractivity contribution in [1.29, 1.82) is 0 Å².